The molecule has 0 aliphatic rings. The molecule has 0 bridgehead atoms. The van der Waals surface area contributed by atoms with Crippen molar-refractivity contribution in [3.63, 3.8) is 0 Å². The molecule has 57 valence electrons. The van der Waals surface area contributed by atoms with E-state index in [0.717, 1.165) is 11.3 Å². The molecular formula is C9H9O2. The minimum absolute atomic E-state index is 0.351. The molecule has 0 saturated heterocycles. The number of benzene rings is 1. The smallest absolute Gasteiger partial charge is 0.203 e. The maximum Gasteiger partial charge on any atom is 0.203 e. The van der Waals surface area contributed by atoms with Crippen LogP contribution < -0.4 is 4.74 Å². The van der Waals surface area contributed by atoms with E-state index in [1.807, 2.05) is 30.6 Å². The van der Waals surface area contributed by atoms with Crippen molar-refractivity contribution in [2.24, 2.45) is 0 Å². The quantitative estimate of drug-likeness (QED) is 0.648. The maximum atomic E-state index is 9.97. The van der Waals surface area contributed by atoms with Crippen LogP contribution in [-0.4, -0.2) is 13.4 Å². The van der Waals surface area contributed by atoms with Crippen molar-refractivity contribution in [3.8, 4) is 5.75 Å². The molecule has 0 N–H and O–H groups in total. The van der Waals surface area contributed by atoms with Crippen molar-refractivity contribution >= 4 is 6.29 Å². The van der Waals surface area contributed by atoms with Gasteiger partial charge in [-0.15, -0.1) is 0 Å². The van der Waals surface area contributed by atoms with Gasteiger partial charge in [0.15, 0.2) is 0 Å². The van der Waals surface area contributed by atoms with E-state index in [2.05, 4.69) is 0 Å². The monoisotopic (exact) mass is 149 g/mol. The fraction of sp³-hybridized carbons (Fsp3) is 0.222. The van der Waals surface area contributed by atoms with Crippen LogP contribution in [0.3, 0.4) is 0 Å². The lowest BCUT2D eigenvalue weighted by atomic mass is 10.2. The molecule has 1 radical (unpaired) electrons. The molecule has 0 unspecified atom stereocenters. The predicted octanol–water partition coefficient (Wildman–Crippen LogP) is 1.35. The van der Waals surface area contributed by atoms with Gasteiger partial charge in [-0.3, -0.25) is 4.79 Å². The number of hydrogen-bond donors (Lipinski definition) is 0. The Morgan fingerprint density at radius 2 is 2.00 bits per heavy atom. The minimum atomic E-state index is 0.351. The van der Waals surface area contributed by atoms with Crippen molar-refractivity contribution in [2.45, 2.75) is 6.42 Å². The Balaban J connectivity index is 2.74. The summed E-state index contributed by atoms with van der Waals surface area (Å²) in [5, 5.41) is 0. The van der Waals surface area contributed by atoms with Gasteiger partial charge in [0.2, 0.25) is 6.29 Å². The molecule has 1 aromatic rings. The Bertz CT molecular complexity index is 226. The third-order valence-corrected chi connectivity index (χ3v) is 1.44. The topological polar surface area (TPSA) is 26.3 Å². The van der Waals surface area contributed by atoms with Gasteiger partial charge < -0.3 is 4.74 Å². The Hall–Kier alpha value is -1.31. The van der Waals surface area contributed by atoms with E-state index in [0.29, 0.717) is 6.42 Å². The highest BCUT2D eigenvalue weighted by atomic mass is 16.5. The first-order chi connectivity index (χ1) is 5.36. The number of ether oxygens (including phenoxy) is 1. The highest BCUT2D eigenvalue weighted by Crippen LogP contribution is 2.10. The third kappa shape index (κ3) is 2.08. The van der Waals surface area contributed by atoms with Crippen LogP contribution in [0.1, 0.15) is 5.56 Å². The van der Waals surface area contributed by atoms with Gasteiger partial charge in [-0.2, -0.15) is 0 Å². The third-order valence-electron chi connectivity index (χ3n) is 1.44. The largest absolute Gasteiger partial charge is 0.497 e. The van der Waals surface area contributed by atoms with Gasteiger partial charge in [0, 0.05) is 6.42 Å². The Morgan fingerprint density at radius 1 is 1.36 bits per heavy atom. The molecule has 1 rings (SSSR count). The lowest BCUT2D eigenvalue weighted by Gasteiger charge is -1.98. The van der Waals surface area contributed by atoms with Gasteiger partial charge in [-0.1, -0.05) is 12.1 Å². The second-order valence-electron chi connectivity index (χ2n) is 2.17. The summed E-state index contributed by atoms with van der Waals surface area (Å²) in [6.45, 7) is 0. The van der Waals surface area contributed by atoms with Crippen LogP contribution in [0.4, 0.5) is 0 Å². The van der Waals surface area contributed by atoms with Gasteiger partial charge in [-0.25, -0.2) is 0 Å². The molecule has 0 aromatic heterocycles. The number of rotatable bonds is 3. The summed E-state index contributed by atoms with van der Waals surface area (Å²) >= 11 is 0. The molecule has 0 fully saturated rings. The standard InChI is InChI=1S/C9H9O2/c1-11-9-4-2-8(3-5-9)6-7-10/h2-5H,6H2,1H3. The summed E-state index contributed by atoms with van der Waals surface area (Å²) in [5.74, 6) is 0.805. The summed E-state index contributed by atoms with van der Waals surface area (Å²) in [7, 11) is 1.61. The molecule has 0 amide bonds. The lowest BCUT2D eigenvalue weighted by molar-refractivity contribution is 0.414. The summed E-state index contributed by atoms with van der Waals surface area (Å²) in [5.41, 5.74) is 0.959. The lowest BCUT2D eigenvalue weighted by Crippen LogP contribution is -1.86. The summed E-state index contributed by atoms with van der Waals surface area (Å²) in [6, 6.07) is 7.35. The van der Waals surface area contributed by atoms with Gasteiger partial charge in [0.1, 0.15) is 5.75 Å². The molecule has 0 aliphatic carbocycles. The minimum Gasteiger partial charge on any atom is -0.497 e. The van der Waals surface area contributed by atoms with E-state index >= 15 is 0 Å². The second kappa shape index (κ2) is 3.76. The van der Waals surface area contributed by atoms with Gasteiger partial charge in [-0.05, 0) is 17.7 Å². The zero-order valence-electron chi connectivity index (χ0n) is 6.33. The molecule has 1 aromatic carbocycles. The molecule has 0 heterocycles. The normalized spacial score (nSPS) is 9.18. The van der Waals surface area contributed by atoms with Gasteiger partial charge >= 0.3 is 0 Å². The average Bonchev–Trinajstić information content (AvgIpc) is 2.07. The molecule has 0 spiro atoms. The van der Waals surface area contributed by atoms with E-state index in [4.69, 9.17) is 4.74 Å². The zero-order valence-corrected chi connectivity index (χ0v) is 6.33. The van der Waals surface area contributed by atoms with Crippen LogP contribution in [0.15, 0.2) is 24.3 Å². The van der Waals surface area contributed by atoms with Gasteiger partial charge in [0.25, 0.3) is 0 Å². The molecule has 2 heteroatoms. The summed E-state index contributed by atoms with van der Waals surface area (Å²) in [6.07, 6.45) is 2.18. The molecule has 11 heavy (non-hydrogen) atoms. The zero-order chi connectivity index (χ0) is 8.10. The van der Waals surface area contributed by atoms with Crippen molar-refractivity contribution in [2.75, 3.05) is 7.11 Å². The number of carbonyl (C=O) groups excluding carboxylic acids is 1. The molecule has 0 saturated carbocycles. The highest BCUT2D eigenvalue weighted by Gasteiger charge is 1.92. The van der Waals surface area contributed by atoms with E-state index in [-0.39, 0.29) is 0 Å². The Morgan fingerprint density at radius 3 is 2.45 bits per heavy atom. The molecule has 0 atom stereocenters. The number of methoxy groups -OCH3 is 1. The van der Waals surface area contributed by atoms with Crippen molar-refractivity contribution in [1.82, 2.24) is 0 Å². The van der Waals surface area contributed by atoms with Crippen LogP contribution >= 0.6 is 0 Å². The van der Waals surface area contributed by atoms with E-state index in [1.165, 1.54) is 0 Å². The predicted molar refractivity (Wildman–Crippen MR) is 42.4 cm³/mol. The SMILES string of the molecule is COc1ccc(C[C]=O)cc1. The van der Waals surface area contributed by atoms with E-state index < -0.39 is 0 Å². The van der Waals surface area contributed by atoms with E-state index in [1.54, 1.807) is 7.11 Å². The van der Waals surface area contributed by atoms with Crippen molar-refractivity contribution in [1.29, 1.82) is 0 Å². The first-order valence-corrected chi connectivity index (χ1v) is 3.34. The van der Waals surface area contributed by atoms with E-state index in [9.17, 15) is 4.79 Å². The maximum absolute atomic E-state index is 9.97. The van der Waals surface area contributed by atoms with Crippen molar-refractivity contribution in [3.05, 3.63) is 29.8 Å². The summed E-state index contributed by atoms with van der Waals surface area (Å²) in [4.78, 5) is 9.97. The first-order valence-electron chi connectivity index (χ1n) is 3.34. The fourth-order valence-corrected chi connectivity index (χ4v) is 0.827. The summed E-state index contributed by atoms with van der Waals surface area (Å²) < 4.78 is 4.95. The van der Waals surface area contributed by atoms with Crippen LogP contribution in [-0.2, 0) is 11.2 Å². The Kier molecular flexibility index (Phi) is 2.66. The van der Waals surface area contributed by atoms with Crippen LogP contribution in [0, 0.1) is 0 Å². The second-order valence-corrected chi connectivity index (χ2v) is 2.17. The average molecular weight is 149 g/mol. The van der Waals surface area contributed by atoms with Crippen LogP contribution in [0.5, 0.6) is 5.75 Å². The van der Waals surface area contributed by atoms with Crippen LogP contribution in [0.25, 0.3) is 0 Å². The molecular weight excluding hydrogens is 140 g/mol. The molecule has 2 nitrogen and oxygen atoms in total. The fourth-order valence-electron chi connectivity index (χ4n) is 0.827. The Labute approximate surface area is 65.8 Å². The van der Waals surface area contributed by atoms with Crippen LogP contribution in [0.2, 0.25) is 0 Å². The van der Waals surface area contributed by atoms with Gasteiger partial charge in [0.05, 0.1) is 7.11 Å². The first kappa shape index (κ1) is 7.79. The molecule has 0 aliphatic heterocycles. The number of hydrogen-bond acceptors (Lipinski definition) is 2. The van der Waals surface area contributed by atoms with Crippen molar-refractivity contribution < 1.29 is 9.53 Å². The highest BCUT2D eigenvalue weighted by molar-refractivity contribution is 5.55.